The van der Waals surface area contributed by atoms with Gasteiger partial charge in [0.25, 0.3) is 0 Å². The summed E-state index contributed by atoms with van der Waals surface area (Å²) in [4.78, 5) is 25.6. The highest BCUT2D eigenvalue weighted by Crippen LogP contribution is 2.20. The number of Topliss-reactive ketones (excluding diaryl/α,β-unsaturated/α-hetero) is 1. The molecule has 1 amide bonds. The predicted molar refractivity (Wildman–Crippen MR) is 98.7 cm³/mol. The zero-order valence-corrected chi connectivity index (χ0v) is 15.9. The summed E-state index contributed by atoms with van der Waals surface area (Å²) in [6.45, 7) is 5.01. The normalized spacial score (nSPS) is 11.3. The molecule has 0 aliphatic heterocycles. The van der Waals surface area contributed by atoms with Gasteiger partial charge in [0.15, 0.2) is 5.78 Å². The number of ketones is 1. The van der Waals surface area contributed by atoms with Gasteiger partial charge in [0, 0.05) is 36.1 Å². The van der Waals surface area contributed by atoms with Crippen molar-refractivity contribution in [2.75, 3.05) is 18.0 Å². The number of sulfonamides is 1. The van der Waals surface area contributed by atoms with Crippen molar-refractivity contribution in [3.63, 3.8) is 0 Å². The van der Waals surface area contributed by atoms with Crippen molar-refractivity contribution in [2.45, 2.75) is 25.0 Å². The number of carbonyl (C=O) groups is 2. The van der Waals surface area contributed by atoms with Gasteiger partial charge >= 0.3 is 0 Å². The van der Waals surface area contributed by atoms with Gasteiger partial charge in [-0.05, 0) is 50.2 Å². The summed E-state index contributed by atoms with van der Waals surface area (Å²) in [5.74, 6) is -0.262. The molecule has 0 saturated heterocycles. The number of nitrogens with one attached hydrogen (secondary N) is 1. The van der Waals surface area contributed by atoms with E-state index >= 15 is 0 Å². The maximum Gasteiger partial charge on any atom is 0.250 e. The van der Waals surface area contributed by atoms with Crippen molar-refractivity contribution in [2.24, 2.45) is 0 Å². The van der Waals surface area contributed by atoms with E-state index in [0.29, 0.717) is 11.3 Å². The lowest BCUT2D eigenvalue weighted by atomic mass is 10.1. The van der Waals surface area contributed by atoms with Crippen molar-refractivity contribution in [3.05, 3.63) is 46.8 Å². The van der Waals surface area contributed by atoms with Gasteiger partial charge < -0.3 is 4.90 Å². The van der Waals surface area contributed by atoms with Crippen molar-refractivity contribution in [1.82, 2.24) is 4.72 Å². The summed E-state index contributed by atoms with van der Waals surface area (Å²) in [6, 6.07) is 9.95. The van der Waals surface area contributed by atoms with Crippen LogP contribution in [0.4, 0.5) is 5.69 Å². The fourth-order valence-corrected chi connectivity index (χ4v) is 4.61. The smallest absolute Gasteiger partial charge is 0.250 e. The number of thiophene rings is 1. The molecule has 0 radical (unpaired) electrons. The first-order chi connectivity index (χ1) is 11.7. The summed E-state index contributed by atoms with van der Waals surface area (Å²) >= 11 is 1.20. The third kappa shape index (κ3) is 4.97. The molecular weight excluding hydrogens is 360 g/mol. The Morgan fingerprint density at radius 2 is 1.72 bits per heavy atom. The zero-order valence-electron chi connectivity index (χ0n) is 14.3. The number of hydrogen-bond donors (Lipinski definition) is 1. The van der Waals surface area contributed by atoms with Crippen LogP contribution in [0.1, 0.15) is 29.1 Å². The Morgan fingerprint density at radius 1 is 1.08 bits per heavy atom. The second-order valence-electron chi connectivity index (χ2n) is 5.54. The third-order valence-corrected chi connectivity index (χ3v) is 6.53. The van der Waals surface area contributed by atoms with Crippen LogP contribution in [-0.4, -0.2) is 33.2 Å². The van der Waals surface area contributed by atoms with E-state index in [-0.39, 0.29) is 29.0 Å². The number of anilines is 1. The number of nitrogens with zero attached hydrogens (tertiary/aromatic N) is 1. The first kappa shape index (κ1) is 19.3. The molecule has 1 heterocycles. The Hall–Kier alpha value is -2.03. The van der Waals surface area contributed by atoms with Crippen LogP contribution < -0.4 is 9.62 Å². The summed E-state index contributed by atoms with van der Waals surface area (Å²) in [5, 5.41) is 0. The Morgan fingerprint density at radius 3 is 2.20 bits per heavy atom. The molecule has 2 aromatic rings. The van der Waals surface area contributed by atoms with E-state index < -0.39 is 10.0 Å². The zero-order chi connectivity index (χ0) is 18.6. The number of aryl methyl sites for hydroxylation is 1. The molecule has 2 rings (SSSR count). The molecule has 6 nitrogen and oxygen atoms in total. The predicted octanol–water partition coefficient (Wildman–Crippen LogP) is 2.59. The summed E-state index contributed by atoms with van der Waals surface area (Å²) < 4.78 is 27.2. The Bertz CT molecular complexity index is 870. The molecule has 8 heteroatoms. The number of amides is 1. The average molecular weight is 380 g/mol. The van der Waals surface area contributed by atoms with Gasteiger partial charge in [0.2, 0.25) is 15.9 Å². The van der Waals surface area contributed by atoms with Crippen LogP contribution in [0, 0.1) is 6.92 Å². The highest BCUT2D eigenvalue weighted by molar-refractivity contribution is 7.91. The van der Waals surface area contributed by atoms with Crippen LogP contribution in [0.3, 0.4) is 0 Å². The minimum absolute atomic E-state index is 0.0556. The third-order valence-electron chi connectivity index (χ3n) is 3.57. The molecule has 0 fully saturated rings. The second-order valence-corrected chi connectivity index (χ2v) is 8.82. The van der Waals surface area contributed by atoms with Crippen LogP contribution in [0.5, 0.6) is 0 Å². The van der Waals surface area contributed by atoms with Gasteiger partial charge in [-0.15, -0.1) is 11.3 Å². The standard InChI is InChI=1S/C17H20N2O4S2/c1-12-4-9-17(24-12)25(22,23)18-10-11-19(14(3)21)16-7-5-15(6-8-16)13(2)20/h4-9,18H,10-11H2,1-3H3. The number of hydrogen-bond acceptors (Lipinski definition) is 5. The van der Waals surface area contributed by atoms with E-state index in [9.17, 15) is 18.0 Å². The van der Waals surface area contributed by atoms with E-state index in [4.69, 9.17) is 0 Å². The fourth-order valence-electron chi connectivity index (χ4n) is 2.26. The SMILES string of the molecule is CC(=O)c1ccc(N(CCNS(=O)(=O)c2ccc(C)s2)C(C)=O)cc1. The van der Waals surface area contributed by atoms with E-state index in [1.54, 1.807) is 36.4 Å². The van der Waals surface area contributed by atoms with Gasteiger partial charge in [-0.1, -0.05) is 0 Å². The minimum atomic E-state index is -3.58. The summed E-state index contributed by atoms with van der Waals surface area (Å²) in [7, 11) is -3.58. The molecule has 0 bridgehead atoms. The van der Waals surface area contributed by atoms with Crippen molar-refractivity contribution in [3.8, 4) is 0 Å². The van der Waals surface area contributed by atoms with E-state index in [0.717, 1.165) is 4.88 Å². The summed E-state index contributed by atoms with van der Waals surface area (Å²) in [5.41, 5.74) is 1.17. The van der Waals surface area contributed by atoms with Crippen LogP contribution in [-0.2, 0) is 14.8 Å². The Labute approximate surface area is 151 Å². The van der Waals surface area contributed by atoms with Crippen LogP contribution in [0.25, 0.3) is 0 Å². The quantitative estimate of drug-likeness (QED) is 0.749. The van der Waals surface area contributed by atoms with E-state index in [1.165, 1.54) is 30.1 Å². The lowest BCUT2D eigenvalue weighted by molar-refractivity contribution is -0.116. The van der Waals surface area contributed by atoms with Crippen LogP contribution in [0.15, 0.2) is 40.6 Å². The topological polar surface area (TPSA) is 83.6 Å². The lowest BCUT2D eigenvalue weighted by Gasteiger charge is -2.21. The summed E-state index contributed by atoms with van der Waals surface area (Å²) in [6.07, 6.45) is 0. The molecule has 0 aliphatic carbocycles. The highest BCUT2D eigenvalue weighted by atomic mass is 32.2. The largest absolute Gasteiger partial charge is 0.311 e. The molecule has 134 valence electrons. The molecule has 1 aromatic heterocycles. The molecular formula is C17H20N2O4S2. The van der Waals surface area contributed by atoms with Gasteiger partial charge in [-0.3, -0.25) is 9.59 Å². The Balaban J connectivity index is 2.05. The molecule has 1 N–H and O–H groups in total. The minimum Gasteiger partial charge on any atom is -0.311 e. The van der Waals surface area contributed by atoms with Gasteiger partial charge in [-0.2, -0.15) is 0 Å². The van der Waals surface area contributed by atoms with Crippen LogP contribution >= 0.6 is 11.3 Å². The average Bonchev–Trinajstić information content (AvgIpc) is 2.99. The van der Waals surface area contributed by atoms with Gasteiger partial charge in [0.1, 0.15) is 4.21 Å². The fraction of sp³-hybridized carbons (Fsp3) is 0.294. The monoisotopic (exact) mass is 380 g/mol. The molecule has 1 aromatic carbocycles. The Kier molecular flexibility index (Phi) is 6.10. The van der Waals surface area contributed by atoms with E-state index in [2.05, 4.69) is 4.72 Å². The lowest BCUT2D eigenvalue weighted by Crippen LogP contribution is -2.37. The first-order valence-electron chi connectivity index (χ1n) is 7.66. The van der Waals surface area contributed by atoms with Gasteiger partial charge in [0.05, 0.1) is 0 Å². The van der Waals surface area contributed by atoms with Crippen molar-refractivity contribution < 1.29 is 18.0 Å². The molecule has 0 spiro atoms. The van der Waals surface area contributed by atoms with Crippen molar-refractivity contribution in [1.29, 1.82) is 0 Å². The molecule has 0 saturated carbocycles. The highest BCUT2D eigenvalue weighted by Gasteiger charge is 2.17. The first-order valence-corrected chi connectivity index (χ1v) is 9.96. The van der Waals surface area contributed by atoms with E-state index in [1.807, 2.05) is 6.92 Å². The number of benzene rings is 1. The number of rotatable bonds is 7. The maximum absolute atomic E-state index is 12.2. The van der Waals surface area contributed by atoms with Crippen molar-refractivity contribution >= 4 is 38.7 Å². The maximum atomic E-state index is 12.2. The molecule has 0 unspecified atom stereocenters. The molecule has 0 aliphatic rings. The second kappa shape index (κ2) is 7.90. The van der Waals surface area contributed by atoms with Crippen LogP contribution in [0.2, 0.25) is 0 Å². The molecule has 25 heavy (non-hydrogen) atoms. The van der Waals surface area contributed by atoms with Gasteiger partial charge in [-0.25, -0.2) is 13.1 Å². The molecule has 0 atom stereocenters. The number of carbonyl (C=O) groups excluding carboxylic acids is 2.